The van der Waals surface area contributed by atoms with E-state index in [2.05, 4.69) is 6.92 Å². The molecule has 100 valence electrons. The molecule has 0 saturated carbocycles. The molecule has 1 heterocycles. The molecule has 5 nitrogen and oxygen atoms in total. The van der Waals surface area contributed by atoms with E-state index in [4.69, 9.17) is 18.0 Å². The Morgan fingerprint density at radius 2 is 2.24 bits per heavy atom. The molecule has 1 atom stereocenters. The Labute approximate surface area is 109 Å². The maximum atomic E-state index is 12.2. The van der Waals surface area contributed by atoms with Crippen LogP contribution in [0.5, 0.6) is 0 Å². The summed E-state index contributed by atoms with van der Waals surface area (Å²) in [4.78, 5) is 0.346. The van der Waals surface area contributed by atoms with E-state index in [0.717, 1.165) is 12.8 Å². The summed E-state index contributed by atoms with van der Waals surface area (Å²) in [5, 5.41) is 0. The molecule has 0 aromatic rings. The monoisotopic (exact) mass is 279 g/mol. The number of rotatable bonds is 5. The lowest BCUT2D eigenvalue weighted by Crippen LogP contribution is -2.46. The lowest BCUT2D eigenvalue weighted by molar-refractivity contribution is 0.264. The average molecular weight is 279 g/mol. The van der Waals surface area contributed by atoms with Crippen molar-refractivity contribution in [2.24, 2.45) is 11.7 Å². The van der Waals surface area contributed by atoms with Crippen molar-refractivity contribution < 1.29 is 8.42 Å². The van der Waals surface area contributed by atoms with E-state index < -0.39 is 10.2 Å². The van der Waals surface area contributed by atoms with Gasteiger partial charge in [-0.3, -0.25) is 0 Å². The van der Waals surface area contributed by atoms with Crippen molar-refractivity contribution in [3.05, 3.63) is 0 Å². The normalized spacial score (nSPS) is 22.9. The summed E-state index contributed by atoms with van der Waals surface area (Å²) in [5.41, 5.74) is 5.38. The molecule has 1 fully saturated rings. The van der Waals surface area contributed by atoms with Crippen LogP contribution in [-0.2, 0) is 10.2 Å². The van der Waals surface area contributed by atoms with Gasteiger partial charge in [0.15, 0.2) is 0 Å². The smallest absolute Gasteiger partial charge is 0.281 e. The quantitative estimate of drug-likeness (QED) is 0.747. The SMILES string of the molecule is CC1CCCN(S(=O)(=O)N(C)CCC(N)=S)C1. The predicted octanol–water partition coefficient (Wildman–Crippen LogP) is 0.571. The molecular weight excluding hydrogens is 258 g/mol. The second kappa shape index (κ2) is 6.08. The van der Waals surface area contributed by atoms with E-state index in [1.54, 1.807) is 11.4 Å². The molecular formula is C10H21N3O2S2. The van der Waals surface area contributed by atoms with Gasteiger partial charge in [-0.2, -0.15) is 17.0 Å². The van der Waals surface area contributed by atoms with Gasteiger partial charge in [0.05, 0.1) is 4.99 Å². The van der Waals surface area contributed by atoms with E-state index in [1.165, 1.54) is 4.31 Å². The van der Waals surface area contributed by atoms with Gasteiger partial charge in [-0.25, -0.2) is 0 Å². The summed E-state index contributed by atoms with van der Waals surface area (Å²) >= 11 is 4.75. The Morgan fingerprint density at radius 1 is 1.59 bits per heavy atom. The van der Waals surface area contributed by atoms with Crippen LogP contribution in [0.15, 0.2) is 0 Å². The van der Waals surface area contributed by atoms with Crippen LogP contribution in [0.1, 0.15) is 26.2 Å². The zero-order chi connectivity index (χ0) is 13.1. The van der Waals surface area contributed by atoms with Crippen LogP contribution in [0.2, 0.25) is 0 Å². The highest BCUT2D eigenvalue weighted by Crippen LogP contribution is 2.19. The number of nitrogens with two attached hydrogens (primary N) is 1. The standard InChI is InChI=1S/C10H21N3O2S2/c1-9-4-3-6-13(8-9)17(14,15)12(2)7-5-10(11)16/h9H,3-8H2,1-2H3,(H2,11,16). The summed E-state index contributed by atoms with van der Waals surface area (Å²) in [6, 6.07) is 0. The van der Waals surface area contributed by atoms with E-state index in [-0.39, 0.29) is 0 Å². The summed E-state index contributed by atoms with van der Waals surface area (Å²) in [7, 11) is -1.76. The average Bonchev–Trinajstić information content (AvgIpc) is 2.25. The number of thiocarbonyl (C=S) groups is 1. The third-order valence-corrected chi connectivity index (χ3v) is 5.17. The van der Waals surface area contributed by atoms with Crippen LogP contribution < -0.4 is 5.73 Å². The third kappa shape index (κ3) is 4.17. The fraction of sp³-hybridized carbons (Fsp3) is 0.900. The first-order valence-electron chi connectivity index (χ1n) is 5.83. The molecule has 0 bridgehead atoms. The van der Waals surface area contributed by atoms with Crippen molar-refractivity contribution in [1.29, 1.82) is 0 Å². The van der Waals surface area contributed by atoms with Crippen LogP contribution in [-0.4, -0.2) is 48.7 Å². The Balaban J connectivity index is 2.62. The predicted molar refractivity (Wildman–Crippen MR) is 72.9 cm³/mol. The van der Waals surface area contributed by atoms with Crippen molar-refractivity contribution in [3.8, 4) is 0 Å². The zero-order valence-electron chi connectivity index (χ0n) is 10.4. The fourth-order valence-corrected chi connectivity index (χ4v) is 3.55. The van der Waals surface area contributed by atoms with E-state index >= 15 is 0 Å². The highest BCUT2D eigenvalue weighted by atomic mass is 32.2. The molecule has 17 heavy (non-hydrogen) atoms. The number of piperidine rings is 1. The molecule has 1 saturated heterocycles. The van der Waals surface area contributed by atoms with Crippen molar-refractivity contribution >= 4 is 27.4 Å². The maximum absolute atomic E-state index is 12.2. The molecule has 0 aromatic carbocycles. The molecule has 0 radical (unpaired) electrons. The minimum absolute atomic E-state index is 0.346. The molecule has 1 rings (SSSR count). The molecule has 0 aromatic heterocycles. The van der Waals surface area contributed by atoms with Crippen LogP contribution in [0, 0.1) is 5.92 Å². The lowest BCUT2D eigenvalue weighted by Gasteiger charge is -2.33. The van der Waals surface area contributed by atoms with Gasteiger partial charge in [0.2, 0.25) is 0 Å². The largest absolute Gasteiger partial charge is 0.393 e. The van der Waals surface area contributed by atoms with E-state index in [9.17, 15) is 8.42 Å². The minimum Gasteiger partial charge on any atom is -0.393 e. The third-order valence-electron chi connectivity index (χ3n) is 3.01. The van der Waals surface area contributed by atoms with Gasteiger partial charge in [-0.15, -0.1) is 0 Å². The zero-order valence-corrected chi connectivity index (χ0v) is 12.1. The Morgan fingerprint density at radius 3 is 2.76 bits per heavy atom. The fourth-order valence-electron chi connectivity index (χ4n) is 1.94. The molecule has 0 aliphatic carbocycles. The first-order chi connectivity index (χ1) is 7.84. The van der Waals surface area contributed by atoms with Gasteiger partial charge in [0.25, 0.3) is 10.2 Å². The van der Waals surface area contributed by atoms with Gasteiger partial charge < -0.3 is 5.73 Å². The lowest BCUT2D eigenvalue weighted by atomic mass is 10.0. The summed E-state index contributed by atoms with van der Waals surface area (Å²) < 4.78 is 27.3. The van der Waals surface area contributed by atoms with Gasteiger partial charge in [-0.1, -0.05) is 19.1 Å². The highest BCUT2D eigenvalue weighted by molar-refractivity contribution is 7.86. The van der Waals surface area contributed by atoms with Crippen molar-refractivity contribution in [1.82, 2.24) is 8.61 Å². The molecule has 0 amide bonds. The summed E-state index contributed by atoms with van der Waals surface area (Å²) in [5.74, 6) is 0.433. The van der Waals surface area contributed by atoms with Crippen LogP contribution in [0.3, 0.4) is 0 Å². The van der Waals surface area contributed by atoms with Gasteiger partial charge in [0.1, 0.15) is 0 Å². The number of hydrogen-bond donors (Lipinski definition) is 1. The molecule has 1 aliphatic heterocycles. The second-order valence-electron chi connectivity index (χ2n) is 4.65. The van der Waals surface area contributed by atoms with Gasteiger partial charge in [0, 0.05) is 33.1 Å². The first kappa shape index (κ1) is 14.8. The molecule has 1 unspecified atom stereocenters. The second-order valence-corrected chi connectivity index (χ2v) is 7.21. The van der Waals surface area contributed by atoms with Crippen molar-refractivity contribution in [3.63, 3.8) is 0 Å². The van der Waals surface area contributed by atoms with E-state index in [0.29, 0.717) is 37.0 Å². The highest BCUT2D eigenvalue weighted by Gasteiger charge is 2.30. The van der Waals surface area contributed by atoms with Crippen LogP contribution in [0.25, 0.3) is 0 Å². The number of nitrogens with zero attached hydrogens (tertiary/aromatic N) is 2. The van der Waals surface area contributed by atoms with Crippen molar-refractivity contribution in [2.45, 2.75) is 26.2 Å². The summed E-state index contributed by atoms with van der Waals surface area (Å²) in [6.45, 7) is 3.66. The van der Waals surface area contributed by atoms with Crippen molar-refractivity contribution in [2.75, 3.05) is 26.7 Å². The number of hydrogen-bond acceptors (Lipinski definition) is 3. The molecule has 7 heteroatoms. The maximum Gasteiger partial charge on any atom is 0.281 e. The molecule has 0 spiro atoms. The molecule has 1 aliphatic rings. The Kier molecular flexibility index (Phi) is 5.30. The molecule has 2 N–H and O–H groups in total. The van der Waals surface area contributed by atoms with Gasteiger partial charge in [-0.05, 0) is 18.8 Å². The van der Waals surface area contributed by atoms with Crippen LogP contribution >= 0.6 is 12.2 Å². The van der Waals surface area contributed by atoms with Crippen LogP contribution in [0.4, 0.5) is 0 Å². The van der Waals surface area contributed by atoms with Gasteiger partial charge >= 0.3 is 0 Å². The van der Waals surface area contributed by atoms with E-state index in [1.807, 2.05) is 0 Å². The minimum atomic E-state index is -3.34. The Hall–Kier alpha value is -0.240. The Bertz CT molecular complexity index is 370. The topological polar surface area (TPSA) is 66.6 Å². The first-order valence-corrected chi connectivity index (χ1v) is 7.64. The summed E-state index contributed by atoms with van der Waals surface area (Å²) in [6.07, 6.45) is 2.46.